The average Bonchev–Trinajstić information content (AvgIpc) is 2.03. The smallest absolute Gasteiger partial charge is 0.0494 e. The first-order valence-corrected chi connectivity index (χ1v) is 4.51. The van der Waals surface area contributed by atoms with Gasteiger partial charge < -0.3 is 4.74 Å². The topological polar surface area (TPSA) is 9.23 Å². The van der Waals surface area contributed by atoms with Crippen molar-refractivity contribution in [3.05, 3.63) is 0 Å². The Bertz CT molecular complexity index is 74.8. The van der Waals surface area contributed by atoms with Gasteiger partial charge in [0, 0.05) is 13.2 Å². The van der Waals surface area contributed by atoms with Crippen molar-refractivity contribution in [1.29, 1.82) is 0 Å². The van der Waals surface area contributed by atoms with Gasteiger partial charge in [-0.2, -0.15) is 0 Å². The molecular weight excluding hydrogens is 124 g/mol. The minimum atomic E-state index is 0.883. The predicted molar refractivity (Wildman–Crippen MR) is 43.1 cm³/mol. The Morgan fingerprint density at radius 1 is 1.50 bits per heavy atom. The minimum absolute atomic E-state index is 0.883. The van der Waals surface area contributed by atoms with Crippen LogP contribution in [-0.4, -0.2) is 13.2 Å². The van der Waals surface area contributed by atoms with Crippen LogP contribution in [0.25, 0.3) is 0 Å². The SMILES string of the molecule is CCCCC1CCCOC1. The van der Waals surface area contributed by atoms with E-state index in [2.05, 4.69) is 6.92 Å². The molecule has 0 N–H and O–H groups in total. The van der Waals surface area contributed by atoms with E-state index in [-0.39, 0.29) is 0 Å². The molecule has 1 aliphatic heterocycles. The second-order valence-corrected chi connectivity index (χ2v) is 3.23. The van der Waals surface area contributed by atoms with E-state index in [9.17, 15) is 0 Å². The van der Waals surface area contributed by atoms with Gasteiger partial charge in [-0.3, -0.25) is 0 Å². The Balaban J connectivity index is 2.02. The summed E-state index contributed by atoms with van der Waals surface area (Å²) in [5.41, 5.74) is 0. The molecule has 0 radical (unpaired) electrons. The second kappa shape index (κ2) is 4.73. The van der Waals surface area contributed by atoms with E-state index in [1.54, 1.807) is 0 Å². The summed E-state index contributed by atoms with van der Waals surface area (Å²) in [6, 6.07) is 0. The van der Waals surface area contributed by atoms with Crippen LogP contribution in [0.5, 0.6) is 0 Å². The van der Waals surface area contributed by atoms with Crippen LogP contribution < -0.4 is 0 Å². The Hall–Kier alpha value is -0.0400. The van der Waals surface area contributed by atoms with Gasteiger partial charge in [0.2, 0.25) is 0 Å². The molecule has 1 heteroatoms. The van der Waals surface area contributed by atoms with Crippen molar-refractivity contribution in [3.63, 3.8) is 0 Å². The summed E-state index contributed by atoms with van der Waals surface area (Å²) in [6.45, 7) is 4.28. The van der Waals surface area contributed by atoms with E-state index in [0.717, 1.165) is 19.1 Å². The number of unbranched alkanes of at least 4 members (excludes halogenated alkanes) is 1. The van der Waals surface area contributed by atoms with Gasteiger partial charge in [-0.1, -0.05) is 19.8 Å². The molecule has 0 aromatic rings. The molecule has 10 heavy (non-hydrogen) atoms. The lowest BCUT2D eigenvalue weighted by Crippen LogP contribution is -2.16. The third-order valence-corrected chi connectivity index (χ3v) is 2.22. The van der Waals surface area contributed by atoms with Crippen LogP contribution in [0, 0.1) is 5.92 Å². The molecule has 0 aromatic carbocycles. The van der Waals surface area contributed by atoms with Crippen LogP contribution in [0.2, 0.25) is 0 Å². The van der Waals surface area contributed by atoms with Crippen molar-refractivity contribution >= 4 is 0 Å². The van der Waals surface area contributed by atoms with E-state index < -0.39 is 0 Å². The van der Waals surface area contributed by atoms with Crippen molar-refractivity contribution in [1.82, 2.24) is 0 Å². The fourth-order valence-electron chi connectivity index (χ4n) is 1.53. The lowest BCUT2D eigenvalue weighted by molar-refractivity contribution is 0.0509. The molecule has 1 atom stereocenters. The Labute approximate surface area is 63.8 Å². The molecule has 1 unspecified atom stereocenters. The molecule has 1 aliphatic rings. The van der Waals surface area contributed by atoms with Crippen LogP contribution in [0.15, 0.2) is 0 Å². The van der Waals surface area contributed by atoms with Crippen LogP contribution in [-0.2, 0) is 4.74 Å². The van der Waals surface area contributed by atoms with Gasteiger partial charge in [-0.05, 0) is 25.2 Å². The Kier molecular flexibility index (Phi) is 3.81. The molecule has 0 bridgehead atoms. The van der Waals surface area contributed by atoms with Gasteiger partial charge in [0.05, 0.1) is 0 Å². The molecule has 0 saturated carbocycles. The molecule has 0 aliphatic carbocycles. The molecule has 1 rings (SSSR count). The summed E-state index contributed by atoms with van der Waals surface area (Å²) in [7, 11) is 0. The average molecular weight is 142 g/mol. The van der Waals surface area contributed by atoms with Crippen molar-refractivity contribution in [2.75, 3.05) is 13.2 Å². The summed E-state index contributed by atoms with van der Waals surface area (Å²) >= 11 is 0. The van der Waals surface area contributed by atoms with Crippen LogP contribution in [0.3, 0.4) is 0 Å². The number of hydrogen-bond donors (Lipinski definition) is 0. The first-order valence-electron chi connectivity index (χ1n) is 4.51. The molecule has 1 fully saturated rings. The fourth-order valence-corrected chi connectivity index (χ4v) is 1.53. The van der Waals surface area contributed by atoms with Gasteiger partial charge in [0.15, 0.2) is 0 Å². The maximum atomic E-state index is 5.38. The number of hydrogen-bond acceptors (Lipinski definition) is 1. The summed E-state index contributed by atoms with van der Waals surface area (Å²) in [4.78, 5) is 0. The van der Waals surface area contributed by atoms with Crippen molar-refractivity contribution in [3.8, 4) is 0 Å². The van der Waals surface area contributed by atoms with Crippen molar-refractivity contribution in [2.45, 2.75) is 39.0 Å². The highest BCUT2D eigenvalue weighted by Crippen LogP contribution is 2.18. The van der Waals surface area contributed by atoms with Crippen LogP contribution in [0.1, 0.15) is 39.0 Å². The van der Waals surface area contributed by atoms with E-state index >= 15 is 0 Å². The minimum Gasteiger partial charge on any atom is -0.381 e. The van der Waals surface area contributed by atoms with Crippen molar-refractivity contribution in [2.24, 2.45) is 5.92 Å². The van der Waals surface area contributed by atoms with Gasteiger partial charge in [0.1, 0.15) is 0 Å². The van der Waals surface area contributed by atoms with Gasteiger partial charge >= 0.3 is 0 Å². The number of rotatable bonds is 3. The summed E-state index contributed by atoms with van der Waals surface area (Å²) in [5, 5.41) is 0. The molecule has 1 heterocycles. The second-order valence-electron chi connectivity index (χ2n) is 3.23. The highest BCUT2D eigenvalue weighted by molar-refractivity contribution is 4.62. The highest BCUT2D eigenvalue weighted by Gasteiger charge is 2.12. The lowest BCUT2D eigenvalue weighted by Gasteiger charge is -2.21. The van der Waals surface area contributed by atoms with E-state index in [0.29, 0.717) is 0 Å². The zero-order valence-corrected chi connectivity index (χ0v) is 6.94. The fraction of sp³-hybridized carbons (Fsp3) is 1.00. The summed E-state index contributed by atoms with van der Waals surface area (Å²) < 4.78 is 5.38. The monoisotopic (exact) mass is 142 g/mol. The first-order chi connectivity index (χ1) is 4.93. The Morgan fingerprint density at radius 3 is 3.00 bits per heavy atom. The first kappa shape index (κ1) is 8.06. The van der Waals surface area contributed by atoms with E-state index in [1.165, 1.54) is 32.1 Å². The van der Waals surface area contributed by atoms with Gasteiger partial charge in [0.25, 0.3) is 0 Å². The molecule has 1 nitrogen and oxygen atoms in total. The molecule has 1 saturated heterocycles. The summed E-state index contributed by atoms with van der Waals surface area (Å²) in [6.07, 6.45) is 6.79. The number of ether oxygens (including phenoxy) is 1. The van der Waals surface area contributed by atoms with E-state index in [4.69, 9.17) is 4.74 Å². The quantitative estimate of drug-likeness (QED) is 0.588. The zero-order valence-electron chi connectivity index (χ0n) is 6.94. The maximum absolute atomic E-state index is 5.38. The van der Waals surface area contributed by atoms with Crippen LogP contribution in [0.4, 0.5) is 0 Å². The standard InChI is InChI=1S/C9H18O/c1-2-3-5-9-6-4-7-10-8-9/h9H,2-8H2,1H3. The third-order valence-electron chi connectivity index (χ3n) is 2.22. The molecule has 60 valence electrons. The van der Waals surface area contributed by atoms with Gasteiger partial charge in [-0.25, -0.2) is 0 Å². The van der Waals surface area contributed by atoms with Gasteiger partial charge in [-0.15, -0.1) is 0 Å². The normalized spacial score (nSPS) is 26.7. The van der Waals surface area contributed by atoms with E-state index in [1.807, 2.05) is 0 Å². The van der Waals surface area contributed by atoms with Crippen molar-refractivity contribution < 1.29 is 4.74 Å². The molecular formula is C9H18O. The molecule has 0 aromatic heterocycles. The maximum Gasteiger partial charge on any atom is 0.0494 e. The zero-order chi connectivity index (χ0) is 7.23. The summed E-state index contributed by atoms with van der Waals surface area (Å²) in [5.74, 6) is 0.883. The predicted octanol–water partition coefficient (Wildman–Crippen LogP) is 2.60. The Morgan fingerprint density at radius 2 is 2.40 bits per heavy atom. The third kappa shape index (κ3) is 2.70. The molecule has 0 spiro atoms. The lowest BCUT2D eigenvalue weighted by atomic mass is 9.96. The molecule has 0 amide bonds. The van der Waals surface area contributed by atoms with Crippen LogP contribution >= 0.6 is 0 Å². The highest BCUT2D eigenvalue weighted by atomic mass is 16.5. The largest absolute Gasteiger partial charge is 0.381 e.